The Morgan fingerprint density at radius 1 is 0.946 bits per heavy atom. The van der Waals surface area contributed by atoms with Crippen molar-refractivity contribution in [3.05, 3.63) is 88.4 Å². The van der Waals surface area contributed by atoms with Crippen LogP contribution in [0.2, 0.25) is 0 Å². The monoisotopic (exact) mass is 522 g/mol. The molecule has 2 aromatic rings. The van der Waals surface area contributed by atoms with Crippen molar-refractivity contribution in [1.29, 1.82) is 5.26 Å². The highest BCUT2D eigenvalue weighted by atomic mass is 35.5. The quantitative estimate of drug-likeness (QED) is 0.262. The molecule has 4 rings (SSSR count). The number of anilines is 1. The van der Waals surface area contributed by atoms with Gasteiger partial charge in [0.25, 0.3) is 5.67 Å². The van der Waals surface area contributed by atoms with Gasteiger partial charge in [0, 0.05) is 22.9 Å². The number of carbonyl (C=O) groups is 2. The second-order valence-electron chi connectivity index (χ2n) is 8.92. The Bertz CT molecular complexity index is 1300. The number of benzene rings is 2. The Balaban J connectivity index is 2.01. The van der Waals surface area contributed by atoms with Gasteiger partial charge in [0.05, 0.1) is 30.0 Å². The van der Waals surface area contributed by atoms with Crippen molar-refractivity contribution < 1.29 is 23.5 Å². The molecule has 0 heterocycles. The number of nitriles is 1. The maximum Gasteiger partial charge on any atom is 0.254 e. The minimum absolute atomic E-state index is 0.0337. The highest BCUT2D eigenvalue weighted by molar-refractivity contribution is 6.30. The van der Waals surface area contributed by atoms with Crippen molar-refractivity contribution in [1.82, 2.24) is 0 Å². The lowest BCUT2D eigenvalue weighted by atomic mass is 9.70. The zero-order chi connectivity index (χ0) is 26.6. The molecule has 0 saturated heterocycles. The van der Waals surface area contributed by atoms with Crippen LogP contribution in [0.5, 0.6) is 0 Å². The Hall–Kier alpha value is -3.63. The zero-order valence-electron chi connectivity index (χ0n) is 20.8. The fourth-order valence-corrected chi connectivity index (χ4v) is 4.87. The van der Waals surface area contributed by atoms with E-state index in [9.17, 15) is 14.9 Å². The molecule has 0 radical (unpaired) electrons. The molecule has 8 heteroatoms. The predicted molar refractivity (Wildman–Crippen MR) is 139 cm³/mol. The number of ether oxygens (including phenoxy) is 2. The van der Waals surface area contributed by atoms with E-state index in [0.717, 1.165) is 17.3 Å². The Labute approximate surface area is 221 Å². The van der Waals surface area contributed by atoms with E-state index < -0.39 is 28.9 Å². The maximum atomic E-state index is 17.2. The molecule has 0 saturated carbocycles. The zero-order valence-corrected chi connectivity index (χ0v) is 21.6. The SMILES string of the molecule is CCCCOC1=C(OCCCC)C(N(Cl)c2ccccc2)C(F)(C#N)C2=C1C(=O)c1ccccc1C2=O. The summed E-state index contributed by atoms with van der Waals surface area (Å²) in [5.41, 5.74) is -3.31. The molecule has 0 aromatic heterocycles. The molecule has 0 N–H and O–H groups in total. The molecule has 2 aliphatic rings. The second kappa shape index (κ2) is 11.2. The predicted octanol–water partition coefficient (Wildman–Crippen LogP) is 6.48. The fourth-order valence-electron chi connectivity index (χ4n) is 4.53. The summed E-state index contributed by atoms with van der Waals surface area (Å²) in [5, 5.41) is 10.3. The molecule has 2 unspecified atom stereocenters. The van der Waals surface area contributed by atoms with Crippen LogP contribution in [0, 0.1) is 11.3 Å². The Kier molecular flexibility index (Phi) is 7.99. The largest absolute Gasteiger partial charge is 0.492 e. The molecule has 6 nitrogen and oxygen atoms in total. The molecule has 2 atom stereocenters. The van der Waals surface area contributed by atoms with Crippen molar-refractivity contribution in [3.63, 3.8) is 0 Å². The summed E-state index contributed by atoms with van der Waals surface area (Å²) >= 11 is 6.75. The van der Waals surface area contributed by atoms with Crippen LogP contribution in [0.4, 0.5) is 10.1 Å². The van der Waals surface area contributed by atoms with Gasteiger partial charge in [0.15, 0.2) is 29.1 Å². The molecule has 2 aromatic carbocycles. The molecule has 192 valence electrons. The summed E-state index contributed by atoms with van der Waals surface area (Å²) in [6.45, 7) is 4.35. The number of halogens is 2. The first-order chi connectivity index (χ1) is 17.9. The Morgan fingerprint density at radius 2 is 1.51 bits per heavy atom. The Morgan fingerprint density at radius 3 is 2.11 bits per heavy atom. The molecule has 0 bridgehead atoms. The van der Waals surface area contributed by atoms with E-state index >= 15 is 4.39 Å². The summed E-state index contributed by atoms with van der Waals surface area (Å²) in [6, 6.07) is 14.8. The number of ketones is 2. The summed E-state index contributed by atoms with van der Waals surface area (Å²) < 4.78 is 30.4. The lowest BCUT2D eigenvalue weighted by Crippen LogP contribution is -2.55. The summed E-state index contributed by atoms with van der Waals surface area (Å²) in [7, 11) is 0. The van der Waals surface area contributed by atoms with Crippen LogP contribution in [0.3, 0.4) is 0 Å². The fraction of sp³-hybridized carbons (Fsp3) is 0.345. The van der Waals surface area contributed by atoms with E-state index in [-0.39, 0.29) is 41.4 Å². The first-order valence-electron chi connectivity index (χ1n) is 12.4. The summed E-state index contributed by atoms with van der Waals surface area (Å²) in [5.74, 6) is -1.46. The van der Waals surface area contributed by atoms with Crippen LogP contribution in [0.15, 0.2) is 77.3 Å². The van der Waals surface area contributed by atoms with E-state index in [1.807, 2.05) is 13.8 Å². The summed E-state index contributed by atoms with van der Waals surface area (Å²) in [6.07, 6.45) is 2.89. The number of nitrogens with zero attached hydrogens (tertiary/aromatic N) is 2. The summed E-state index contributed by atoms with van der Waals surface area (Å²) in [4.78, 5) is 27.5. The lowest BCUT2D eigenvalue weighted by Gasteiger charge is -2.42. The van der Waals surface area contributed by atoms with Crippen LogP contribution >= 0.6 is 11.8 Å². The van der Waals surface area contributed by atoms with Crippen LogP contribution < -0.4 is 4.42 Å². The van der Waals surface area contributed by atoms with Crippen LogP contribution in [-0.4, -0.2) is 36.5 Å². The molecule has 0 spiro atoms. The number of para-hydroxylation sites is 1. The van der Waals surface area contributed by atoms with Crippen LogP contribution in [-0.2, 0) is 9.47 Å². The molecular weight excluding hydrogens is 495 g/mol. The van der Waals surface area contributed by atoms with Gasteiger partial charge in [-0.1, -0.05) is 69.2 Å². The number of alkyl halides is 1. The molecule has 0 fully saturated rings. The van der Waals surface area contributed by atoms with Crippen LogP contribution in [0.1, 0.15) is 60.2 Å². The molecule has 2 aliphatic carbocycles. The topological polar surface area (TPSA) is 79.6 Å². The molecule has 0 amide bonds. The van der Waals surface area contributed by atoms with Gasteiger partial charge in [-0.05, 0) is 25.0 Å². The lowest BCUT2D eigenvalue weighted by molar-refractivity contribution is 0.0827. The number of hydrogen-bond acceptors (Lipinski definition) is 6. The highest BCUT2D eigenvalue weighted by Crippen LogP contribution is 2.49. The number of carbonyl (C=O) groups excluding carboxylic acids is 2. The van der Waals surface area contributed by atoms with Gasteiger partial charge in [-0.25, -0.2) is 4.39 Å². The number of fused-ring (bicyclic) bond motifs is 1. The smallest absolute Gasteiger partial charge is 0.254 e. The van der Waals surface area contributed by atoms with Crippen molar-refractivity contribution in [2.75, 3.05) is 17.6 Å². The highest BCUT2D eigenvalue weighted by Gasteiger charge is 2.60. The van der Waals surface area contributed by atoms with Gasteiger partial charge in [-0.15, -0.1) is 0 Å². The first kappa shape index (κ1) is 26.4. The third-order valence-electron chi connectivity index (χ3n) is 6.45. The minimum Gasteiger partial charge on any atom is -0.492 e. The maximum absolute atomic E-state index is 17.2. The van der Waals surface area contributed by atoms with E-state index in [2.05, 4.69) is 0 Å². The van der Waals surface area contributed by atoms with Gasteiger partial charge >= 0.3 is 0 Å². The molecule has 37 heavy (non-hydrogen) atoms. The normalized spacial score (nSPS) is 20.8. The van der Waals surface area contributed by atoms with Gasteiger partial charge in [0.1, 0.15) is 6.07 Å². The van der Waals surface area contributed by atoms with Gasteiger partial charge < -0.3 is 9.47 Å². The average molecular weight is 523 g/mol. The minimum atomic E-state index is -3.01. The van der Waals surface area contributed by atoms with Crippen molar-refractivity contribution >= 4 is 29.0 Å². The van der Waals surface area contributed by atoms with E-state index in [4.69, 9.17) is 21.3 Å². The van der Waals surface area contributed by atoms with Gasteiger partial charge in [-0.3, -0.25) is 14.0 Å². The number of unbranched alkanes of at least 4 members (excludes halogenated alkanes) is 2. The van der Waals surface area contributed by atoms with Crippen LogP contribution in [0.25, 0.3) is 0 Å². The van der Waals surface area contributed by atoms with E-state index in [0.29, 0.717) is 18.5 Å². The number of rotatable bonds is 10. The number of Topliss-reactive ketones (excluding diaryl/α,β-unsaturated/α-hetero) is 2. The third kappa shape index (κ3) is 4.62. The number of hydrogen-bond donors (Lipinski definition) is 0. The molecule has 0 aliphatic heterocycles. The van der Waals surface area contributed by atoms with Crippen molar-refractivity contribution in [2.24, 2.45) is 0 Å². The van der Waals surface area contributed by atoms with Crippen molar-refractivity contribution in [2.45, 2.75) is 51.2 Å². The average Bonchev–Trinajstić information content (AvgIpc) is 2.93. The molecular formula is C29H28ClFN2O4. The standard InChI is InChI=1S/C29H28ClFN2O4/c1-3-5-16-36-26-22-23(25(35)21-15-11-10-14-20(21)24(22)34)29(31,18-32)28(27(26)37-17-6-4-2)33(30)19-12-8-7-9-13-19/h7-15,28H,3-6,16-17H2,1-2H3. The van der Waals surface area contributed by atoms with Gasteiger partial charge in [0.2, 0.25) is 0 Å². The second-order valence-corrected chi connectivity index (χ2v) is 9.29. The third-order valence-corrected chi connectivity index (χ3v) is 6.84. The van der Waals surface area contributed by atoms with Gasteiger partial charge in [-0.2, -0.15) is 5.26 Å². The number of allylic oxidation sites excluding steroid dienone is 1. The van der Waals surface area contributed by atoms with Crippen molar-refractivity contribution in [3.8, 4) is 6.07 Å². The van der Waals surface area contributed by atoms with E-state index in [1.54, 1.807) is 48.5 Å². The van der Waals surface area contributed by atoms with E-state index in [1.165, 1.54) is 12.1 Å². The first-order valence-corrected chi connectivity index (χ1v) is 12.8.